The first-order valence-electron chi connectivity index (χ1n) is 20.1. The van der Waals surface area contributed by atoms with Crippen molar-refractivity contribution in [2.45, 2.75) is 169 Å². The van der Waals surface area contributed by atoms with Crippen molar-refractivity contribution in [3.63, 3.8) is 0 Å². The Morgan fingerprint density at radius 1 is 0.500 bits per heavy atom. The molecule has 46 heavy (non-hydrogen) atoms. The molecule has 16 atom stereocenters. The van der Waals surface area contributed by atoms with E-state index >= 15 is 0 Å². The second-order valence-corrected chi connectivity index (χ2v) is 20.7. The number of rotatable bonds is 1. The molecule has 0 aromatic rings. The maximum absolute atomic E-state index is 11.3. The second-order valence-electron chi connectivity index (χ2n) is 20.7. The fraction of sp³-hybridized carbons (Fsp3) is 0.952. The lowest BCUT2D eigenvalue weighted by atomic mass is 9.43. The van der Waals surface area contributed by atoms with E-state index in [2.05, 4.69) is 55.4 Å². The Labute approximate surface area is 281 Å². The van der Waals surface area contributed by atoms with E-state index in [0.717, 1.165) is 61.2 Å². The Bertz CT molecular complexity index is 1200. The first-order chi connectivity index (χ1) is 21.5. The molecule has 0 heterocycles. The summed E-state index contributed by atoms with van der Waals surface area (Å²) in [4.78, 5) is 0. The quantitative estimate of drug-likeness (QED) is 0.283. The molecule has 0 aromatic carbocycles. The van der Waals surface area contributed by atoms with E-state index in [-0.39, 0.29) is 10.8 Å². The molecule has 0 saturated heterocycles. The molecule has 0 radical (unpaired) electrons. The van der Waals surface area contributed by atoms with Crippen molar-refractivity contribution in [3.8, 4) is 0 Å². The number of hydrogen-bond donors (Lipinski definition) is 2. The Balaban J connectivity index is 0.969. The van der Waals surface area contributed by atoms with Crippen LogP contribution in [0.15, 0.2) is 10.2 Å². The fourth-order valence-electron chi connectivity index (χ4n) is 15.7. The average Bonchev–Trinajstić information content (AvgIpc) is 3.38. The third-order valence-corrected chi connectivity index (χ3v) is 19.1. The van der Waals surface area contributed by atoms with Gasteiger partial charge in [0.1, 0.15) is 0 Å². The molecule has 8 fully saturated rings. The van der Waals surface area contributed by atoms with Gasteiger partial charge >= 0.3 is 0 Å². The van der Waals surface area contributed by atoms with Gasteiger partial charge in [-0.3, -0.25) is 0 Å². The standard InChI is InChI=1S/C42H68N2O2/c1-25-23-37(3)27(9-11-29-31(37)13-17-39(5)33(29)15-19-41(39,7)45)21-35(25)43-44-36-22-28-10-12-30-32(38(28,4)24-26(36)2)14-18-40(6)34(30)16-20-42(40,8)46/h25-34,45-46H,9-24H2,1-8H3/b43-35-,44-36-/t25-,26-,27+,28?,29-,30-,31+,32+,33+,34+,37+,38+,39+,40+,41+,42+/m1/s1. The topological polar surface area (TPSA) is 65.2 Å². The second kappa shape index (κ2) is 10.4. The average molecular weight is 633 g/mol. The monoisotopic (exact) mass is 633 g/mol. The van der Waals surface area contributed by atoms with Gasteiger partial charge in [-0.15, -0.1) is 0 Å². The fourth-order valence-corrected chi connectivity index (χ4v) is 15.7. The molecular weight excluding hydrogens is 564 g/mol. The van der Waals surface area contributed by atoms with Crippen molar-refractivity contribution in [2.24, 2.45) is 91.0 Å². The van der Waals surface area contributed by atoms with E-state index in [9.17, 15) is 10.2 Å². The highest BCUT2D eigenvalue weighted by Gasteiger charge is 2.65. The Morgan fingerprint density at radius 3 is 1.26 bits per heavy atom. The van der Waals surface area contributed by atoms with Crippen LogP contribution >= 0.6 is 0 Å². The van der Waals surface area contributed by atoms with Crippen LogP contribution in [0.5, 0.6) is 0 Å². The van der Waals surface area contributed by atoms with Crippen LogP contribution in [0.4, 0.5) is 0 Å². The molecule has 0 spiro atoms. The smallest absolute Gasteiger partial charge is 0.0675 e. The minimum Gasteiger partial charge on any atom is -0.390 e. The predicted molar refractivity (Wildman–Crippen MR) is 189 cm³/mol. The third-order valence-electron chi connectivity index (χ3n) is 19.1. The van der Waals surface area contributed by atoms with Gasteiger partial charge in [-0.25, -0.2) is 0 Å². The summed E-state index contributed by atoms with van der Waals surface area (Å²) in [7, 11) is 0. The molecule has 0 aromatic heterocycles. The lowest BCUT2D eigenvalue weighted by Gasteiger charge is -2.62. The van der Waals surface area contributed by atoms with Gasteiger partial charge in [0.05, 0.1) is 11.2 Å². The molecule has 2 N–H and O–H groups in total. The van der Waals surface area contributed by atoms with Crippen molar-refractivity contribution in [1.29, 1.82) is 0 Å². The number of fused-ring (bicyclic) bond motifs is 10. The third kappa shape index (κ3) is 4.29. The van der Waals surface area contributed by atoms with Crippen LogP contribution < -0.4 is 0 Å². The van der Waals surface area contributed by atoms with Crippen LogP contribution in [-0.4, -0.2) is 32.8 Å². The molecule has 8 aliphatic rings. The molecule has 4 nitrogen and oxygen atoms in total. The van der Waals surface area contributed by atoms with Crippen LogP contribution in [0.2, 0.25) is 0 Å². The summed E-state index contributed by atoms with van der Waals surface area (Å²) in [6.45, 7) is 19.4. The zero-order chi connectivity index (χ0) is 32.7. The van der Waals surface area contributed by atoms with Crippen molar-refractivity contribution in [2.75, 3.05) is 0 Å². The molecule has 8 saturated carbocycles. The maximum Gasteiger partial charge on any atom is 0.0675 e. The van der Waals surface area contributed by atoms with Crippen molar-refractivity contribution in [3.05, 3.63) is 0 Å². The van der Waals surface area contributed by atoms with E-state index in [1.807, 2.05) is 0 Å². The number of hydrogen-bond acceptors (Lipinski definition) is 4. The molecule has 258 valence electrons. The highest BCUT2D eigenvalue weighted by atomic mass is 16.3. The van der Waals surface area contributed by atoms with Crippen LogP contribution in [0, 0.1) is 80.8 Å². The van der Waals surface area contributed by atoms with Crippen LogP contribution in [-0.2, 0) is 0 Å². The summed E-state index contributed by atoms with van der Waals surface area (Å²) < 4.78 is 0. The first kappa shape index (κ1) is 32.5. The van der Waals surface area contributed by atoms with E-state index < -0.39 is 11.2 Å². The molecule has 1 unspecified atom stereocenters. The Morgan fingerprint density at radius 2 is 0.870 bits per heavy atom. The van der Waals surface area contributed by atoms with Gasteiger partial charge in [0.2, 0.25) is 0 Å². The number of aliphatic hydroxyl groups is 2. The SMILES string of the molecule is C[C@@H]1C[C@@]2(C)[C@@H](CC[C@@H]3[C@@H]2CC[C@@]2(C)[C@H]3CC[C@]2(C)O)C/C1=N/N=C1/CC2CC[C@@H]3[C@H](CC[C@@]4(C)[C@H]3CC[C@]4(C)O)[C@@]2(C)C[C@H]1C. The summed E-state index contributed by atoms with van der Waals surface area (Å²) in [5.74, 6) is 7.15. The van der Waals surface area contributed by atoms with Crippen LogP contribution in [0.25, 0.3) is 0 Å². The summed E-state index contributed by atoms with van der Waals surface area (Å²) in [6.07, 6.45) is 19.7. The Kier molecular flexibility index (Phi) is 7.34. The van der Waals surface area contributed by atoms with E-state index in [0.29, 0.717) is 34.5 Å². The summed E-state index contributed by atoms with van der Waals surface area (Å²) >= 11 is 0. The summed E-state index contributed by atoms with van der Waals surface area (Å²) in [6, 6.07) is 0. The molecule has 0 bridgehead atoms. The largest absolute Gasteiger partial charge is 0.390 e. The van der Waals surface area contributed by atoms with Gasteiger partial charge < -0.3 is 10.2 Å². The van der Waals surface area contributed by atoms with Crippen LogP contribution in [0.3, 0.4) is 0 Å². The molecule has 4 heteroatoms. The maximum atomic E-state index is 11.3. The van der Waals surface area contributed by atoms with E-state index in [4.69, 9.17) is 10.2 Å². The van der Waals surface area contributed by atoms with Crippen molar-refractivity contribution < 1.29 is 10.2 Å². The van der Waals surface area contributed by atoms with E-state index in [1.165, 1.54) is 88.5 Å². The lowest BCUT2D eigenvalue weighted by Crippen LogP contribution is -2.57. The van der Waals surface area contributed by atoms with Gasteiger partial charge in [-0.05, 0) is 197 Å². The molecule has 0 amide bonds. The number of nitrogens with zero attached hydrogens (tertiary/aromatic N) is 2. The summed E-state index contributed by atoms with van der Waals surface area (Å²) in [5, 5.41) is 33.1. The van der Waals surface area contributed by atoms with Gasteiger partial charge in [0.15, 0.2) is 0 Å². The van der Waals surface area contributed by atoms with Crippen molar-refractivity contribution in [1.82, 2.24) is 0 Å². The predicted octanol–water partition coefficient (Wildman–Crippen LogP) is 9.86. The van der Waals surface area contributed by atoms with Gasteiger partial charge in [-0.2, -0.15) is 10.2 Å². The summed E-state index contributed by atoms with van der Waals surface area (Å²) in [5.41, 5.74) is 2.86. The molecule has 0 aliphatic heterocycles. The highest BCUT2D eigenvalue weighted by Crippen LogP contribution is 2.70. The lowest BCUT2D eigenvalue weighted by molar-refractivity contribution is -0.142. The molecule has 8 rings (SSSR count). The highest BCUT2D eigenvalue weighted by molar-refractivity contribution is 5.91. The van der Waals surface area contributed by atoms with Crippen molar-refractivity contribution >= 4 is 11.4 Å². The van der Waals surface area contributed by atoms with E-state index in [1.54, 1.807) is 0 Å². The minimum atomic E-state index is -0.484. The zero-order valence-electron chi connectivity index (χ0n) is 30.9. The molecular formula is C42H68N2O2. The van der Waals surface area contributed by atoms with Gasteiger partial charge in [0.25, 0.3) is 0 Å². The van der Waals surface area contributed by atoms with Crippen LogP contribution in [0.1, 0.15) is 158 Å². The first-order valence-corrected chi connectivity index (χ1v) is 20.1. The molecule has 8 aliphatic carbocycles. The zero-order valence-corrected chi connectivity index (χ0v) is 30.9. The normalized spacial score (nSPS) is 61.3. The Hall–Kier alpha value is -0.740. The van der Waals surface area contributed by atoms with Gasteiger partial charge in [-0.1, -0.05) is 41.5 Å². The van der Waals surface area contributed by atoms with Gasteiger partial charge in [0, 0.05) is 11.4 Å². The minimum absolute atomic E-state index is 0.112.